The molecule has 0 rings (SSSR count). The van der Waals surface area contributed by atoms with Crippen molar-refractivity contribution in [2.45, 2.75) is 58.5 Å². The molecule has 0 aliphatic heterocycles. The van der Waals surface area contributed by atoms with Crippen molar-refractivity contribution in [2.24, 2.45) is 0 Å². The second kappa shape index (κ2) is 10.2. The highest BCUT2D eigenvalue weighted by Gasteiger charge is 2.22. The number of rotatable bonds is 11. The van der Waals surface area contributed by atoms with E-state index in [0.717, 1.165) is 45.5 Å². The van der Waals surface area contributed by atoms with Gasteiger partial charge in [0.15, 0.2) is 0 Å². The van der Waals surface area contributed by atoms with Crippen LogP contribution >= 0.6 is 0 Å². The largest absolute Gasteiger partial charge is 0.383 e. The lowest BCUT2D eigenvalue weighted by molar-refractivity contribution is 0.127. The van der Waals surface area contributed by atoms with E-state index in [0.29, 0.717) is 6.04 Å². The number of nitrogens with zero attached hydrogens (tertiary/aromatic N) is 2. The molecule has 1 unspecified atom stereocenters. The van der Waals surface area contributed by atoms with Gasteiger partial charge in [0, 0.05) is 19.7 Å². The zero-order chi connectivity index (χ0) is 14.7. The first-order valence-corrected chi connectivity index (χ1v) is 7.38. The summed E-state index contributed by atoms with van der Waals surface area (Å²) in [5.74, 6) is 0. The Labute approximate surface area is 119 Å². The molecule has 0 amide bonds. The van der Waals surface area contributed by atoms with Crippen LogP contribution in [0.15, 0.2) is 0 Å². The highest BCUT2D eigenvalue weighted by Crippen LogP contribution is 2.12. The number of nitriles is 1. The molecule has 0 heterocycles. The molecule has 4 heteroatoms. The summed E-state index contributed by atoms with van der Waals surface area (Å²) in [6, 6.07) is 2.93. The van der Waals surface area contributed by atoms with Crippen LogP contribution in [0.25, 0.3) is 0 Å². The molecule has 0 bridgehead atoms. The minimum absolute atomic E-state index is 0.389. The second-order valence-corrected chi connectivity index (χ2v) is 5.60. The van der Waals surface area contributed by atoms with Gasteiger partial charge in [0.2, 0.25) is 0 Å². The normalized spacial score (nSPS) is 14.6. The van der Waals surface area contributed by atoms with Crippen molar-refractivity contribution >= 4 is 0 Å². The molecule has 0 aliphatic rings. The van der Waals surface area contributed by atoms with Crippen LogP contribution in [0, 0.1) is 11.3 Å². The van der Waals surface area contributed by atoms with Crippen LogP contribution in [-0.2, 0) is 4.74 Å². The van der Waals surface area contributed by atoms with Crippen LogP contribution in [0.2, 0.25) is 0 Å². The molecule has 0 saturated carbocycles. The van der Waals surface area contributed by atoms with Crippen molar-refractivity contribution in [1.29, 1.82) is 5.26 Å². The van der Waals surface area contributed by atoms with E-state index < -0.39 is 0 Å². The first-order chi connectivity index (χ1) is 8.99. The first-order valence-electron chi connectivity index (χ1n) is 7.38. The molecule has 0 aliphatic carbocycles. The molecule has 112 valence electrons. The molecule has 1 atom stereocenters. The van der Waals surface area contributed by atoms with E-state index in [1.165, 1.54) is 0 Å². The monoisotopic (exact) mass is 269 g/mol. The zero-order valence-electron chi connectivity index (χ0n) is 13.3. The third-order valence-electron chi connectivity index (χ3n) is 3.45. The quantitative estimate of drug-likeness (QED) is 0.626. The third-order valence-corrected chi connectivity index (χ3v) is 3.45. The molecule has 0 aromatic carbocycles. The lowest BCUT2D eigenvalue weighted by Gasteiger charge is -2.28. The molecule has 19 heavy (non-hydrogen) atoms. The fourth-order valence-corrected chi connectivity index (χ4v) is 2.06. The van der Waals surface area contributed by atoms with Gasteiger partial charge >= 0.3 is 0 Å². The third kappa shape index (κ3) is 8.20. The summed E-state index contributed by atoms with van der Waals surface area (Å²) in [4.78, 5) is 2.40. The van der Waals surface area contributed by atoms with E-state index >= 15 is 0 Å². The molecule has 0 aromatic rings. The Morgan fingerprint density at radius 3 is 2.53 bits per heavy atom. The van der Waals surface area contributed by atoms with E-state index in [4.69, 9.17) is 4.74 Å². The number of ether oxygens (including phenoxy) is 1. The fraction of sp³-hybridized carbons (Fsp3) is 0.933. The summed E-state index contributed by atoms with van der Waals surface area (Å²) in [5.41, 5.74) is -0.389. The number of nitrogens with one attached hydrogen (secondary N) is 1. The highest BCUT2D eigenvalue weighted by molar-refractivity contribution is 5.03. The van der Waals surface area contributed by atoms with E-state index in [1.54, 1.807) is 7.11 Å². The molecular weight excluding hydrogens is 238 g/mol. The van der Waals surface area contributed by atoms with Gasteiger partial charge in [0.25, 0.3) is 0 Å². The Hall–Kier alpha value is -0.630. The predicted molar refractivity (Wildman–Crippen MR) is 80.1 cm³/mol. The summed E-state index contributed by atoms with van der Waals surface area (Å²) in [6.07, 6.45) is 2.98. The second-order valence-electron chi connectivity index (χ2n) is 5.60. The van der Waals surface area contributed by atoms with Gasteiger partial charge in [-0.15, -0.1) is 0 Å². The van der Waals surface area contributed by atoms with Gasteiger partial charge in [-0.1, -0.05) is 6.92 Å². The fourth-order valence-electron chi connectivity index (χ4n) is 2.06. The van der Waals surface area contributed by atoms with Gasteiger partial charge in [-0.25, -0.2) is 0 Å². The van der Waals surface area contributed by atoms with E-state index in [-0.39, 0.29) is 5.54 Å². The van der Waals surface area contributed by atoms with Gasteiger partial charge in [0.05, 0.1) is 12.7 Å². The summed E-state index contributed by atoms with van der Waals surface area (Å²) in [7, 11) is 1.74. The molecule has 0 radical (unpaired) electrons. The molecule has 0 spiro atoms. The van der Waals surface area contributed by atoms with Crippen molar-refractivity contribution in [3.05, 3.63) is 0 Å². The summed E-state index contributed by atoms with van der Waals surface area (Å²) < 4.78 is 5.14. The molecular formula is C15H31N3O. The molecule has 0 fully saturated rings. The van der Waals surface area contributed by atoms with Crippen LogP contribution in [-0.4, -0.2) is 49.8 Å². The Kier molecular flexibility index (Phi) is 9.85. The van der Waals surface area contributed by atoms with Gasteiger partial charge < -0.3 is 4.74 Å². The lowest BCUT2D eigenvalue weighted by Crippen LogP contribution is -2.42. The lowest BCUT2D eigenvalue weighted by atomic mass is 9.97. The smallest absolute Gasteiger partial charge is 0.103 e. The summed E-state index contributed by atoms with van der Waals surface area (Å²) in [6.45, 7) is 12.2. The highest BCUT2D eigenvalue weighted by atomic mass is 16.5. The SMILES string of the molecule is CCCNC(C)(C#N)CCCN(CCOC)C(C)C. The predicted octanol–water partition coefficient (Wildman–Crippen LogP) is 2.41. The number of hydrogen-bond donors (Lipinski definition) is 1. The molecule has 4 nitrogen and oxygen atoms in total. The van der Waals surface area contributed by atoms with Crippen molar-refractivity contribution in [3.63, 3.8) is 0 Å². The Balaban J connectivity index is 4.11. The van der Waals surface area contributed by atoms with Gasteiger partial charge in [-0.05, 0) is 53.1 Å². The maximum absolute atomic E-state index is 9.28. The van der Waals surface area contributed by atoms with Crippen molar-refractivity contribution in [2.75, 3.05) is 33.4 Å². The van der Waals surface area contributed by atoms with E-state index in [2.05, 4.69) is 37.1 Å². The van der Waals surface area contributed by atoms with Crippen LogP contribution in [0.5, 0.6) is 0 Å². The summed E-state index contributed by atoms with van der Waals surface area (Å²) >= 11 is 0. The Bertz CT molecular complexity index is 263. The topological polar surface area (TPSA) is 48.3 Å². The van der Waals surface area contributed by atoms with Gasteiger partial charge in [-0.3, -0.25) is 10.2 Å². The zero-order valence-corrected chi connectivity index (χ0v) is 13.3. The van der Waals surface area contributed by atoms with E-state index in [1.807, 2.05) is 6.92 Å². The maximum atomic E-state index is 9.28. The minimum atomic E-state index is -0.389. The van der Waals surface area contributed by atoms with Crippen LogP contribution in [0.4, 0.5) is 0 Å². The maximum Gasteiger partial charge on any atom is 0.103 e. The van der Waals surface area contributed by atoms with Crippen molar-refractivity contribution in [1.82, 2.24) is 10.2 Å². The molecule has 0 saturated heterocycles. The van der Waals surface area contributed by atoms with Crippen LogP contribution < -0.4 is 5.32 Å². The van der Waals surface area contributed by atoms with Crippen molar-refractivity contribution in [3.8, 4) is 6.07 Å². The van der Waals surface area contributed by atoms with Crippen molar-refractivity contribution < 1.29 is 4.74 Å². The standard InChI is InChI=1S/C15H31N3O/c1-6-9-17-15(4,13-16)8-7-10-18(14(2)3)11-12-19-5/h14,17H,6-12H2,1-5H3. The Morgan fingerprint density at radius 2 is 2.05 bits per heavy atom. The van der Waals surface area contributed by atoms with Crippen LogP contribution in [0.3, 0.4) is 0 Å². The first kappa shape index (κ1) is 18.4. The summed E-state index contributed by atoms with van der Waals surface area (Å²) in [5, 5.41) is 12.6. The number of methoxy groups -OCH3 is 1. The van der Waals surface area contributed by atoms with Gasteiger partial charge in [-0.2, -0.15) is 5.26 Å². The van der Waals surface area contributed by atoms with Crippen LogP contribution in [0.1, 0.15) is 47.0 Å². The minimum Gasteiger partial charge on any atom is -0.383 e. The molecule has 0 aromatic heterocycles. The molecule has 1 N–H and O–H groups in total. The average molecular weight is 269 g/mol. The van der Waals surface area contributed by atoms with E-state index in [9.17, 15) is 5.26 Å². The Morgan fingerprint density at radius 1 is 1.37 bits per heavy atom. The number of hydrogen-bond acceptors (Lipinski definition) is 4. The average Bonchev–Trinajstić information content (AvgIpc) is 2.40. The van der Waals surface area contributed by atoms with Gasteiger partial charge in [0.1, 0.15) is 5.54 Å².